The van der Waals surface area contributed by atoms with Gasteiger partial charge in [0, 0.05) is 0 Å². The van der Waals surface area contributed by atoms with Crippen LogP contribution >= 0.6 is 0 Å². The first-order valence-electron chi connectivity index (χ1n) is 2.71. The molecular weight excluding hydrogens is 409 g/mol. The van der Waals surface area contributed by atoms with Crippen molar-refractivity contribution in [3.8, 4) is 0 Å². The molecule has 4 N–H and O–H groups in total. The fourth-order valence-corrected chi connectivity index (χ4v) is 0.472. The zero-order valence-corrected chi connectivity index (χ0v) is 8.23. The number of carboxylic acids is 1. The van der Waals surface area contributed by atoms with Gasteiger partial charge >= 0.3 is 5.97 Å². The molecule has 0 fully saturated rings. The first-order valence-corrected chi connectivity index (χ1v) is 2.71. The second kappa shape index (κ2) is 5.21. The number of carboxylic acid groups (broad SMARTS) is 1. The Balaban J connectivity index is 0. The minimum absolute atomic E-state index is 0. The van der Waals surface area contributed by atoms with Crippen molar-refractivity contribution >= 4 is 18.3 Å². The van der Waals surface area contributed by atoms with Crippen molar-refractivity contribution in [2.75, 3.05) is 0 Å². The molecule has 1 unspecified atom stereocenters. The molecule has 0 aliphatic carbocycles. The fraction of sp³-hybridized carbons (Fsp3) is 0.400. The van der Waals surface area contributed by atoms with E-state index in [1.165, 1.54) is 6.41 Å². The quantitative estimate of drug-likeness (QED) is 0.355. The number of carbonyl (C=O) groups is 2. The Morgan fingerprint density at radius 1 is 1.58 bits per heavy atom. The van der Waals surface area contributed by atoms with Crippen LogP contribution in [0.5, 0.6) is 0 Å². The number of carbonyl (C=O) groups excluding carboxylic acids is 2. The number of primary amides is 1. The van der Waals surface area contributed by atoms with Gasteiger partial charge in [-0.1, -0.05) is 0 Å². The van der Waals surface area contributed by atoms with Crippen molar-refractivity contribution in [2.45, 2.75) is 12.5 Å². The Kier molecular flexibility index (Phi) is 5.27. The molecule has 0 saturated carbocycles. The van der Waals surface area contributed by atoms with E-state index in [1.54, 1.807) is 0 Å². The van der Waals surface area contributed by atoms with Crippen LogP contribution in [0.15, 0.2) is 0 Å². The van der Waals surface area contributed by atoms with Gasteiger partial charge < -0.3 is 21.0 Å². The van der Waals surface area contributed by atoms with Crippen molar-refractivity contribution in [2.24, 2.45) is 5.73 Å². The van der Waals surface area contributed by atoms with Crippen molar-refractivity contribution in [1.29, 1.82) is 0 Å². The first kappa shape index (κ1) is 12.1. The van der Waals surface area contributed by atoms with Gasteiger partial charge in [-0.05, 0) is 0 Å². The van der Waals surface area contributed by atoms with Crippen LogP contribution in [0.3, 0.4) is 0 Å². The largest absolute Gasteiger partial charge is 0.520 e. The minimum Gasteiger partial charge on any atom is -0.520 e. The van der Waals surface area contributed by atoms with Gasteiger partial charge in [0.2, 0.25) is 5.91 Å². The molecule has 0 spiro atoms. The minimum atomic E-state index is -1.31. The van der Waals surface area contributed by atoms with Crippen molar-refractivity contribution in [1.82, 2.24) is 5.32 Å². The summed E-state index contributed by atoms with van der Waals surface area (Å²) in [5.41, 5.74) is 4.69. The summed E-state index contributed by atoms with van der Waals surface area (Å²) in [6.07, 6.45) is 0.740. The van der Waals surface area contributed by atoms with Crippen molar-refractivity contribution < 1.29 is 19.5 Å². The third-order valence-electron chi connectivity index (χ3n) is 0.937. The Hall–Kier alpha value is -2.59. The summed E-state index contributed by atoms with van der Waals surface area (Å²) < 4.78 is 0. The first-order chi connectivity index (χ1) is 5.07. The molecule has 0 saturated heterocycles. The standard InChI is InChI=1S/C5H7N2O4.Fm/c6-4(9)1-3(5(10)11)7-2-8;/h3H,1H2,(H2,6,9)(H,7,8)(H,10,11);/q-1;. The van der Waals surface area contributed by atoms with E-state index in [1.807, 2.05) is 5.32 Å². The maximum atomic E-state index is 10.2. The molecule has 6 nitrogen and oxygen atoms in total. The predicted octanol–water partition coefficient (Wildman–Crippen LogP) is -2.03. The zero-order chi connectivity index (χ0) is 8.85. The fourth-order valence-electron chi connectivity index (χ4n) is 0.472. The molecule has 0 aliphatic heterocycles. The molecule has 7 heteroatoms. The van der Waals surface area contributed by atoms with Gasteiger partial charge in [-0.2, -0.15) is 6.41 Å². The Morgan fingerprint density at radius 3 is 2.33 bits per heavy atom. The van der Waals surface area contributed by atoms with Gasteiger partial charge in [-0.15, -0.1) is 0 Å². The summed E-state index contributed by atoms with van der Waals surface area (Å²) in [5, 5.41) is 10.1. The molecule has 0 aromatic rings. The van der Waals surface area contributed by atoms with Gasteiger partial charge in [-0.25, -0.2) is 0 Å². The zero-order valence-electron chi connectivity index (χ0n) is 5.82. The van der Waals surface area contributed by atoms with E-state index in [-0.39, 0.29) is 0 Å². The number of rotatable bonds is 5. The summed E-state index contributed by atoms with van der Waals surface area (Å²) in [5.74, 6) is -2.10. The van der Waals surface area contributed by atoms with E-state index >= 15 is 0 Å². The topological polar surface area (TPSA) is 109 Å². The number of hydrogen-bond acceptors (Lipinski definition) is 3. The van der Waals surface area contributed by atoms with E-state index in [9.17, 15) is 14.4 Å². The van der Waals surface area contributed by atoms with E-state index < -0.39 is 24.3 Å². The molecule has 0 heterocycles. The molecular formula is C5H7FmN2O4-. The van der Waals surface area contributed by atoms with Crippen LogP contribution in [0.25, 0.3) is 0 Å². The number of nitrogens with one attached hydrogen (secondary N) is 1. The van der Waals surface area contributed by atoms with Crippen LogP contribution in [0.1, 0.15) is 6.42 Å². The summed E-state index contributed by atoms with van der Waals surface area (Å²) >= 11 is 0. The second-order valence-corrected chi connectivity index (χ2v) is 1.81. The SMILES string of the molecule is NC(=O)CC(N[C-]=O)C(=O)O.[Fm]. The molecule has 0 bridgehead atoms. The third-order valence-corrected chi connectivity index (χ3v) is 0.937. The van der Waals surface area contributed by atoms with Crippen LogP contribution in [0, 0.1) is 0 Å². The van der Waals surface area contributed by atoms with E-state index in [2.05, 4.69) is 5.73 Å². The predicted molar refractivity (Wildman–Crippen MR) is 34.1 cm³/mol. The normalized spacial score (nSPS) is 10.7. The van der Waals surface area contributed by atoms with Crippen LogP contribution in [-0.2, 0) is 14.4 Å². The van der Waals surface area contributed by atoms with E-state index in [0.29, 0.717) is 0 Å². The van der Waals surface area contributed by atoms with Gasteiger partial charge in [0.15, 0.2) is 0 Å². The van der Waals surface area contributed by atoms with Gasteiger partial charge in [-0.3, -0.25) is 9.59 Å². The van der Waals surface area contributed by atoms with Gasteiger partial charge in [0.25, 0.3) is 0 Å². The summed E-state index contributed by atoms with van der Waals surface area (Å²) in [6.45, 7) is 0. The summed E-state index contributed by atoms with van der Waals surface area (Å²) in [4.78, 5) is 30.0. The van der Waals surface area contributed by atoms with Crippen LogP contribution in [-0.4, -0.2) is 29.4 Å². The number of amides is 2. The maximum absolute atomic E-state index is 10.2. The molecule has 0 aromatic heterocycles. The van der Waals surface area contributed by atoms with Crippen LogP contribution in [0.2, 0.25) is 0 Å². The molecule has 0 radical (unpaired) electrons. The molecule has 1 atom stereocenters. The van der Waals surface area contributed by atoms with Crippen molar-refractivity contribution in [3.05, 3.63) is 0 Å². The maximum Gasteiger partial charge on any atom is 0.324 e. The number of nitrogens with two attached hydrogens (primary N) is 1. The van der Waals surface area contributed by atoms with Crippen molar-refractivity contribution in [3.63, 3.8) is 0 Å². The van der Waals surface area contributed by atoms with E-state index in [0.717, 1.165) is 0 Å². The molecule has 74 valence electrons. The average Bonchev–Trinajstić information content (AvgIpc) is 1.86. The Bertz CT molecular complexity index is 184. The number of aliphatic carboxylic acids is 1. The molecule has 2 amide bonds. The Morgan fingerprint density at radius 2 is 2.08 bits per heavy atom. The van der Waals surface area contributed by atoms with Crippen LogP contribution < -0.4 is 11.1 Å². The summed E-state index contributed by atoms with van der Waals surface area (Å²) in [7, 11) is 0. The Labute approximate surface area is 62.4 Å². The van der Waals surface area contributed by atoms with Gasteiger partial charge in [0.1, 0.15) is 6.04 Å². The molecule has 0 aliphatic rings. The smallest absolute Gasteiger partial charge is 0.324 e. The summed E-state index contributed by atoms with van der Waals surface area (Å²) in [6, 6.07) is -1.27. The third kappa shape index (κ3) is 4.30. The molecule has 12 heavy (non-hydrogen) atoms. The second-order valence-electron chi connectivity index (χ2n) is 1.81. The average molecular weight is 416 g/mol. The monoisotopic (exact) mass is 416 g/mol. The van der Waals surface area contributed by atoms with E-state index in [4.69, 9.17) is 5.11 Å². The molecule has 0 aromatic carbocycles. The number of hydrogen-bond donors (Lipinski definition) is 3. The van der Waals surface area contributed by atoms with Gasteiger partial charge in [0.05, 0.1) is 6.42 Å². The van der Waals surface area contributed by atoms with Crippen LogP contribution in [0.4, 0.5) is 0 Å². The molecule has 0 rings (SSSR count).